The first kappa shape index (κ1) is 63.2. The molecule has 0 bridgehead atoms. The Labute approximate surface area is 492 Å². The first-order valence-electron chi connectivity index (χ1n) is 28.2. The maximum absolute atomic E-state index is 14.5. The van der Waals surface area contributed by atoms with E-state index < -0.39 is 92.3 Å². The van der Waals surface area contributed by atoms with Crippen LogP contribution in [0.1, 0.15) is 91.1 Å². The van der Waals surface area contributed by atoms with E-state index in [-0.39, 0.29) is 54.5 Å². The molecule has 0 spiro atoms. The second-order valence-electron chi connectivity index (χ2n) is 23.3. The van der Waals surface area contributed by atoms with Crippen molar-refractivity contribution in [3.63, 3.8) is 0 Å². The number of nitrogens with zero attached hydrogens (tertiary/aromatic N) is 2. The molecule has 2 heterocycles. The molecule has 6 aromatic rings. The summed E-state index contributed by atoms with van der Waals surface area (Å²) in [5, 5.41) is 27.5. The molecular formula is C64H79N7O10SSi. The zero-order chi connectivity index (χ0) is 59.7. The van der Waals surface area contributed by atoms with Crippen LogP contribution in [-0.4, -0.2) is 106 Å². The van der Waals surface area contributed by atoms with Crippen molar-refractivity contribution >= 4 is 66.0 Å². The van der Waals surface area contributed by atoms with Crippen LogP contribution in [0.2, 0.25) is 5.04 Å². The van der Waals surface area contributed by atoms with Crippen LogP contribution in [0, 0.1) is 5.92 Å². The van der Waals surface area contributed by atoms with E-state index in [9.17, 15) is 33.9 Å². The molecule has 19 heteroatoms. The highest BCUT2D eigenvalue weighted by atomic mass is 32.2. The smallest absolute Gasteiger partial charge is 0.407 e. The monoisotopic (exact) mass is 1170 g/mol. The molecule has 7 rings (SSSR count). The summed E-state index contributed by atoms with van der Waals surface area (Å²) in [5.41, 5.74) is 0.381. The molecule has 17 nitrogen and oxygen atoms in total. The standard InChI is InChI=1S/C64H79N7O10SSi/c1-43(2)36-50(66-59(75)51(38-45-26-16-10-17-27-45)65-55(73)40-53(72)49(37-44-24-14-9-15-25-44)68-62(78)81-63(3,4)5)58(74)67-52(39-46-28-18-11-19-29-46)60(76)69-54-34-35-71(61(77)70-54)56-42-82-57(80-56)41-79-83(64(6,7)8,47-30-20-12-21-31-47)48-32-22-13-23-33-48/h9-35,43,49-53,56-57,72H,36-42H2,1-8H3,(H,65,73)(H,66,75)(H,67,74)(H,68,78)(H,69,70,76,77)/t49-,50-,51-,52-,53-,56+,57-/m0/s1. The molecule has 5 amide bonds. The highest BCUT2D eigenvalue weighted by Crippen LogP contribution is 2.39. The predicted molar refractivity (Wildman–Crippen MR) is 327 cm³/mol. The molecule has 0 radical (unpaired) electrons. The number of thioether (sulfide) groups is 1. The Kier molecular flexibility index (Phi) is 22.2. The third-order valence-electron chi connectivity index (χ3n) is 14.0. The maximum Gasteiger partial charge on any atom is 0.407 e. The van der Waals surface area contributed by atoms with Crippen molar-refractivity contribution in [1.29, 1.82) is 0 Å². The topological polar surface area (TPSA) is 228 Å². The Morgan fingerprint density at radius 1 is 0.663 bits per heavy atom. The fourth-order valence-electron chi connectivity index (χ4n) is 10.1. The Bertz CT molecular complexity index is 3090. The fourth-order valence-corrected chi connectivity index (χ4v) is 15.8. The van der Waals surface area contributed by atoms with Gasteiger partial charge in [0.1, 0.15) is 41.2 Å². The Morgan fingerprint density at radius 3 is 1.64 bits per heavy atom. The number of rotatable bonds is 25. The molecule has 0 saturated carbocycles. The van der Waals surface area contributed by atoms with Gasteiger partial charge in [-0.1, -0.05) is 186 Å². The highest BCUT2D eigenvalue weighted by Gasteiger charge is 2.51. The Morgan fingerprint density at radius 2 is 1.14 bits per heavy atom. The van der Waals surface area contributed by atoms with Gasteiger partial charge in [-0.3, -0.25) is 23.7 Å². The maximum atomic E-state index is 14.5. The van der Waals surface area contributed by atoms with Crippen LogP contribution in [0.5, 0.6) is 0 Å². The van der Waals surface area contributed by atoms with E-state index in [1.54, 1.807) is 56.8 Å². The third kappa shape index (κ3) is 18.3. The van der Waals surface area contributed by atoms with Gasteiger partial charge in [0.2, 0.25) is 23.6 Å². The van der Waals surface area contributed by atoms with E-state index in [0.29, 0.717) is 11.3 Å². The number of ether oxygens (including phenoxy) is 2. The van der Waals surface area contributed by atoms with Gasteiger partial charge in [-0.05, 0) is 77.7 Å². The molecule has 1 aliphatic heterocycles. The summed E-state index contributed by atoms with van der Waals surface area (Å²) >= 11 is 1.55. The van der Waals surface area contributed by atoms with Crippen molar-refractivity contribution in [2.75, 3.05) is 17.7 Å². The van der Waals surface area contributed by atoms with Gasteiger partial charge in [0.05, 0.1) is 25.2 Å². The van der Waals surface area contributed by atoms with Crippen LogP contribution in [0.25, 0.3) is 0 Å². The number of hydrogen-bond acceptors (Lipinski definition) is 12. The number of carbonyl (C=O) groups is 5. The van der Waals surface area contributed by atoms with E-state index in [4.69, 9.17) is 13.9 Å². The molecule has 1 fully saturated rings. The summed E-state index contributed by atoms with van der Waals surface area (Å²) in [6.07, 6.45) is -1.38. The van der Waals surface area contributed by atoms with Crippen LogP contribution in [0.15, 0.2) is 169 Å². The highest BCUT2D eigenvalue weighted by molar-refractivity contribution is 8.00. The lowest BCUT2D eigenvalue weighted by atomic mass is 9.98. The second-order valence-corrected chi connectivity index (χ2v) is 28.8. The quantitative estimate of drug-likeness (QED) is 0.0313. The number of aliphatic hydroxyl groups excluding tert-OH is 1. The average molecular weight is 1170 g/mol. The number of aliphatic hydroxyl groups is 1. The van der Waals surface area contributed by atoms with Crippen molar-refractivity contribution < 1.29 is 43.0 Å². The molecule has 1 saturated heterocycles. The zero-order valence-electron chi connectivity index (χ0n) is 48.6. The molecule has 7 atom stereocenters. The lowest BCUT2D eigenvalue weighted by molar-refractivity contribution is -0.133. The van der Waals surface area contributed by atoms with E-state index in [0.717, 1.165) is 21.5 Å². The number of nitrogens with one attached hydrogen (secondary N) is 5. The van der Waals surface area contributed by atoms with Crippen molar-refractivity contribution in [3.8, 4) is 0 Å². The number of alkyl carbamates (subject to hydrolysis) is 1. The Hall–Kier alpha value is -7.42. The van der Waals surface area contributed by atoms with Crippen molar-refractivity contribution in [2.45, 2.75) is 140 Å². The average Bonchev–Trinajstić information content (AvgIpc) is 2.09. The molecule has 1 aliphatic rings. The van der Waals surface area contributed by atoms with Crippen LogP contribution in [-0.2, 0) is 52.3 Å². The molecule has 0 unspecified atom stereocenters. The van der Waals surface area contributed by atoms with Gasteiger partial charge in [-0.15, -0.1) is 11.8 Å². The van der Waals surface area contributed by atoms with Gasteiger partial charge in [-0.25, -0.2) is 9.59 Å². The van der Waals surface area contributed by atoms with E-state index in [2.05, 4.69) is 76.6 Å². The van der Waals surface area contributed by atoms with Crippen molar-refractivity contribution in [1.82, 2.24) is 30.8 Å². The molecule has 5 aromatic carbocycles. The first-order valence-corrected chi connectivity index (χ1v) is 31.1. The minimum atomic E-state index is -2.86. The molecule has 440 valence electrons. The summed E-state index contributed by atoms with van der Waals surface area (Å²) in [7, 11) is -2.86. The molecular weight excluding hydrogens is 1090 g/mol. The largest absolute Gasteiger partial charge is 0.444 e. The van der Waals surface area contributed by atoms with Gasteiger partial charge >= 0.3 is 11.8 Å². The van der Waals surface area contributed by atoms with Crippen LogP contribution >= 0.6 is 11.8 Å². The lowest BCUT2D eigenvalue weighted by Crippen LogP contribution is -2.67. The fraction of sp³-hybridized carbons (Fsp3) is 0.391. The predicted octanol–water partition coefficient (Wildman–Crippen LogP) is 7.22. The van der Waals surface area contributed by atoms with E-state index in [1.165, 1.54) is 16.8 Å². The van der Waals surface area contributed by atoms with Gasteiger partial charge in [0, 0.05) is 24.8 Å². The summed E-state index contributed by atoms with van der Waals surface area (Å²) in [4.78, 5) is 88.2. The first-order chi connectivity index (χ1) is 39.6. The number of benzene rings is 5. The SMILES string of the molecule is CC(C)C[C@H](NC(=O)[C@H](Cc1ccccc1)NC(=O)C[C@H](O)[C@H](Cc1ccccc1)NC(=O)OC(C)(C)C)C(=O)N[C@@H](Cc1ccccc1)C(=O)Nc1ccn([C@H]2CS[C@@H](CO[Si](c3ccccc3)(c3ccccc3)C(C)(C)C)O2)c(=O)n1. The summed E-state index contributed by atoms with van der Waals surface area (Å²) < 4.78 is 20.4. The number of anilines is 1. The van der Waals surface area contributed by atoms with Crippen LogP contribution < -0.4 is 42.6 Å². The number of aromatic nitrogens is 2. The minimum absolute atomic E-state index is 0.0304. The van der Waals surface area contributed by atoms with Gasteiger partial charge in [-0.2, -0.15) is 4.98 Å². The molecule has 6 N–H and O–H groups in total. The zero-order valence-corrected chi connectivity index (χ0v) is 50.4. The van der Waals surface area contributed by atoms with Gasteiger partial charge in [0.15, 0.2) is 0 Å². The molecule has 83 heavy (non-hydrogen) atoms. The van der Waals surface area contributed by atoms with Crippen LogP contribution in [0.3, 0.4) is 0 Å². The van der Waals surface area contributed by atoms with Crippen molar-refractivity contribution in [3.05, 3.63) is 191 Å². The number of amides is 5. The van der Waals surface area contributed by atoms with Crippen molar-refractivity contribution in [2.24, 2.45) is 5.92 Å². The summed E-state index contributed by atoms with van der Waals surface area (Å²) in [5.74, 6) is -2.38. The normalized spacial score (nSPS) is 16.4. The van der Waals surface area contributed by atoms with Crippen LogP contribution in [0.4, 0.5) is 10.6 Å². The Balaban J connectivity index is 1.03. The van der Waals surface area contributed by atoms with E-state index in [1.807, 2.05) is 117 Å². The number of hydrogen-bond donors (Lipinski definition) is 6. The second kappa shape index (κ2) is 29.2. The number of carbonyl (C=O) groups excluding carboxylic acids is 5. The molecule has 0 aliphatic carbocycles. The van der Waals surface area contributed by atoms with E-state index >= 15 is 0 Å². The summed E-state index contributed by atoms with van der Waals surface area (Å²) in [6, 6.07) is 44.9. The summed E-state index contributed by atoms with van der Waals surface area (Å²) in [6.45, 7) is 15.8. The molecule has 1 aromatic heterocycles. The third-order valence-corrected chi connectivity index (χ3v) is 20.1. The lowest BCUT2D eigenvalue weighted by Gasteiger charge is -2.43. The van der Waals surface area contributed by atoms with Gasteiger partial charge < -0.3 is 45.6 Å². The van der Waals surface area contributed by atoms with Gasteiger partial charge in [0.25, 0.3) is 8.32 Å². The minimum Gasteiger partial charge on any atom is -0.444 e.